The number of rotatable bonds is 0. The fourth-order valence-electron chi connectivity index (χ4n) is 1.16. The van der Waals surface area contributed by atoms with E-state index in [9.17, 15) is 0 Å². The smallest absolute Gasteiger partial charge is 0.0479 e. The molecule has 0 N–H and O–H groups in total. The molecule has 0 saturated carbocycles. The molecule has 0 aliphatic heterocycles. The Morgan fingerprint density at radius 1 is 1.36 bits per heavy atom. The van der Waals surface area contributed by atoms with Crippen LogP contribution in [-0.4, -0.2) is 0 Å². The Bertz CT molecular complexity index is 389. The third kappa shape index (κ3) is 1.29. The van der Waals surface area contributed by atoms with Gasteiger partial charge in [-0.3, -0.25) is 0 Å². The standard InChI is InChI=1S/C9H7IS/c1-6-5-7-3-2-4-8(10)9(7)11-6/h2-5H,1H3. The van der Waals surface area contributed by atoms with Gasteiger partial charge < -0.3 is 0 Å². The van der Waals surface area contributed by atoms with E-state index in [-0.39, 0.29) is 0 Å². The first kappa shape index (κ1) is 7.55. The maximum Gasteiger partial charge on any atom is 0.0479 e. The Morgan fingerprint density at radius 2 is 2.18 bits per heavy atom. The molecule has 2 rings (SSSR count). The maximum absolute atomic E-state index is 2.38. The lowest BCUT2D eigenvalue weighted by Crippen LogP contribution is -1.66. The van der Waals surface area contributed by atoms with Crippen molar-refractivity contribution in [3.63, 3.8) is 0 Å². The summed E-state index contributed by atoms with van der Waals surface area (Å²) in [7, 11) is 0. The molecule has 2 aromatic rings. The summed E-state index contributed by atoms with van der Waals surface area (Å²) >= 11 is 4.25. The third-order valence-corrected chi connectivity index (χ3v) is 3.98. The van der Waals surface area contributed by atoms with Crippen LogP contribution in [0.2, 0.25) is 0 Å². The second-order valence-electron chi connectivity index (χ2n) is 2.52. The zero-order valence-electron chi connectivity index (χ0n) is 6.10. The lowest BCUT2D eigenvalue weighted by molar-refractivity contribution is 1.65. The molecule has 0 atom stereocenters. The zero-order chi connectivity index (χ0) is 7.84. The molecule has 0 saturated heterocycles. The minimum Gasteiger partial charge on any atom is -0.139 e. The number of fused-ring (bicyclic) bond motifs is 1. The fourth-order valence-corrected chi connectivity index (χ4v) is 2.92. The minimum absolute atomic E-state index is 1.36. The van der Waals surface area contributed by atoms with Crippen molar-refractivity contribution in [1.29, 1.82) is 0 Å². The summed E-state index contributed by atoms with van der Waals surface area (Å²) in [6.07, 6.45) is 0. The highest BCUT2D eigenvalue weighted by atomic mass is 127. The second kappa shape index (κ2) is 2.75. The van der Waals surface area contributed by atoms with Crippen molar-refractivity contribution in [3.05, 3.63) is 32.7 Å². The largest absolute Gasteiger partial charge is 0.139 e. The van der Waals surface area contributed by atoms with E-state index in [1.54, 1.807) is 0 Å². The van der Waals surface area contributed by atoms with Crippen molar-refractivity contribution in [1.82, 2.24) is 0 Å². The lowest BCUT2D eigenvalue weighted by Gasteiger charge is -1.89. The van der Waals surface area contributed by atoms with Crippen molar-refractivity contribution in [3.8, 4) is 0 Å². The third-order valence-electron chi connectivity index (χ3n) is 1.62. The van der Waals surface area contributed by atoms with Gasteiger partial charge in [-0.2, -0.15) is 0 Å². The van der Waals surface area contributed by atoms with Crippen molar-refractivity contribution >= 4 is 44.0 Å². The van der Waals surface area contributed by atoms with Crippen molar-refractivity contribution in [2.45, 2.75) is 6.92 Å². The van der Waals surface area contributed by atoms with E-state index in [2.05, 4.69) is 53.8 Å². The van der Waals surface area contributed by atoms with Gasteiger partial charge in [0.1, 0.15) is 0 Å². The van der Waals surface area contributed by atoms with Gasteiger partial charge in [0.2, 0.25) is 0 Å². The number of halogens is 1. The van der Waals surface area contributed by atoms with Crippen LogP contribution in [0.15, 0.2) is 24.3 Å². The molecule has 0 bridgehead atoms. The summed E-state index contributed by atoms with van der Waals surface area (Å²) in [5, 5.41) is 1.37. The van der Waals surface area contributed by atoms with E-state index >= 15 is 0 Å². The van der Waals surface area contributed by atoms with Crippen LogP contribution in [0.25, 0.3) is 10.1 Å². The van der Waals surface area contributed by atoms with Crippen LogP contribution in [0, 0.1) is 10.5 Å². The molecule has 56 valence electrons. The van der Waals surface area contributed by atoms with Gasteiger partial charge in [0.05, 0.1) is 0 Å². The molecule has 0 radical (unpaired) electrons. The number of hydrogen-bond acceptors (Lipinski definition) is 1. The quantitative estimate of drug-likeness (QED) is 0.641. The van der Waals surface area contributed by atoms with Gasteiger partial charge in [-0.15, -0.1) is 11.3 Å². The lowest BCUT2D eigenvalue weighted by atomic mass is 10.2. The molecule has 0 nitrogen and oxygen atoms in total. The van der Waals surface area contributed by atoms with Gasteiger partial charge in [-0.05, 0) is 47.0 Å². The molecule has 1 aromatic heterocycles. The topological polar surface area (TPSA) is 0 Å². The first-order valence-corrected chi connectivity index (χ1v) is 5.31. The van der Waals surface area contributed by atoms with Crippen LogP contribution < -0.4 is 0 Å². The number of benzene rings is 1. The van der Waals surface area contributed by atoms with Crippen LogP contribution in [0.3, 0.4) is 0 Å². The van der Waals surface area contributed by atoms with Gasteiger partial charge in [0.15, 0.2) is 0 Å². The van der Waals surface area contributed by atoms with Crippen molar-refractivity contribution in [2.75, 3.05) is 0 Å². The summed E-state index contributed by atoms with van der Waals surface area (Å²) in [6, 6.07) is 8.66. The van der Waals surface area contributed by atoms with Gasteiger partial charge in [0.25, 0.3) is 0 Å². The highest BCUT2D eigenvalue weighted by Gasteiger charge is 1.99. The molecular weight excluding hydrogens is 267 g/mol. The monoisotopic (exact) mass is 274 g/mol. The van der Waals surface area contributed by atoms with Gasteiger partial charge in [0, 0.05) is 13.1 Å². The maximum atomic E-state index is 2.38. The Labute approximate surface area is 83.4 Å². The van der Waals surface area contributed by atoms with E-state index < -0.39 is 0 Å². The summed E-state index contributed by atoms with van der Waals surface area (Å²) in [5.41, 5.74) is 0. The summed E-state index contributed by atoms with van der Waals surface area (Å²) in [6.45, 7) is 2.15. The normalized spacial score (nSPS) is 10.7. The number of hydrogen-bond donors (Lipinski definition) is 0. The molecule has 1 heterocycles. The van der Waals surface area contributed by atoms with E-state index in [0.717, 1.165) is 0 Å². The number of aryl methyl sites for hydroxylation is 1. The van der Waals surface area contributed by atoms with Crippen LogP contribution >= 0.6 is 33.9 Å². The molecule has 2 heteroatoms. The molecular formula is C9H7IS. The molecule has 0 amide bonds. The molecule has 0 aliphatic rings. The number of thiophene rings is 1. The van der Waals surface area contributed by atoms with E-state index in [0.29, 0.717) is 0 Å². The first-order valence-electron chi connectivity index (χ1n) is 3.42. The molecule has 1 aromatic carbocycles. The van der Waals surface area contributed by atoms with Crippen LogP contribution in [0.4, 0.5) is 0 Å². The van der Waals surface area contributed by atoms with Crippen LogP contribution in [0.1, 0.15) is 4.88 Å². The highest BCUT2D eigenvalue weighted by molar-refractivity contribution is 14.1. The van der Waals surface area contributed by atoms with Crippen LogP contribution in [0.5, 0.6) is 0 Å². The SMILES string of the molecule is Cc1cc2cccc(I)c2s1. The van der Waals surface area contributed by atoms with E-state index in [1.807, 2.05) is 11.3 Å². The first-order chi connectivity index (χ1) is 5.27. The predicted molar refractivity (Wildman–Crippen MR) is 59.3 cm³/mol. The van der Waals surface area contributed by atoms with Crippen LogP contribution in [-0.2, 0) is 0 Å². The summed E-state index contributed by atoms with van der Waals surface area (Å²) in [5.74, 6) is 0. The Morgan fingerprint density at radius 3 is 2.91 bits per heavy atom. The summed E-state index contributed by atoms with van der Waals surface area (Å²) < 4.78 is 2.78. The zero-order valence-corrected chi connectivity index (χ0v) is 9.07. The average molecular weight is 274 g/mol. The van der Waals surface area contributed by atoms with E-state index in [1.165, 1.54) is 18.5 Å². The average Bonchev–Trinajstić information content (AvgIpc) is 2.31. The van der Waals surface area contributed by atoms with Gasteiger partial charge in [-0.25, -0.2) is 0 Å². The van der Waals surface area contributed by atoms with Crippen molar-refractivity contribution < 1.29 is 0 Å². The molecule has 11 heavy (non-hydrogen) atoms. The van der Waals surface area contributed by atoms with Gasteiger partial charge in [-0.1, -0.05) is 12.1 Å². The minimum atomic E-state index is 1.36. The Hall–Kier alpha value is -0.0900. The van der Waals surface area contributed by atoms with Gasteiger partial charge >= 0.3 is 0 Å². The summed E-state index contributed by atoms with van der Waals surface area (Å²) in [4.78, 5) is 1.39. The Kier molecular flexibility index (Phi) is 1.89. The molecule has 0 unspecified atom stereocenters. The fraction of sp³-hybridized carbons (Fsp3) is 0.111. The molecule has 0 spiro atoms. The second-order valence-corrected chi connectivity index (χ2v) is 4.93. The predicted octanol–water partition coefficient (Wildman–Crippen LogP) is 3.81. The Balaban J connectivity index is 2.90. The van der Waals surface area contributed by atoms with Crippen molar-refractivity contribution in [2.24, 2.45) is 0 Å². The molecule has 0 aliphatic carbocycles. The molecule has 0 fully saturated rings. The highest BCUT2D eigenvalue weighted by Crippen LogP contribution is 2.28. The van der Waals surface area contributed by atoms with E-state index in [4.69, 9.17) is 0 Å².